The summed E-state index contributed by atoms with van der Waals surface area (Å²) in [6.45, 7) is 1.82. The lowest BCUT2D eigenvalue weighted by atomic mass is 10.1. The summed E-state index contributed by atoms with van der Waals surface area (Å²) in [6, 6.07) is 10.2. The van der Waals surface area contributed by atoms with Gasteiger partial charge in [-0.15, -0.1) is 11.3 Å². The number of benzene rings is 2. The molecule has 0 saturated heterocycles. The highest BCUT2D eigenvalue weighted by atomic mass is 32.5. The summed E-state index contributed by atoms with van der Waals surface area (Å²) in [4.78, 5) is 22.1. The van der Waals surface area contributed by atoms with E-state index in [0.717, 1.165) is 16.8 Å². The van der Waals surface area contributed by atoms with Crippen molar-refractivity contribution >= 4 is 43.7 Å². The lowest BCUT2D eigenvalue weighted by Crippen LogP contribution is -2.26. The molecule has 1 amide bonds. The SMILES string of the molecule is CC(NC(=O)c1csc2ccn(Cc3ccc(S(F)(F)(F)(F)F)cc3)c12)c1ccc(C(=O)O)cc1. The quantitative estimate of drug-likeness (QED) is 0.242. The van der Waals surface area contributed by atoms with Gasteiger partial charge in [0.2, 0.25) is 0 Å². The predicted molar refractivity (Wildman–Crippen MR) is 126 cm³/mol. The molecule has 4 aromatic rings. The number of rotatable bonds is 7. The van der Waals surface area contributed by atoms with E-state index < -0.39 is 27.1 Å². The molecule has 0 aliphatic carbocycles. The molecule has 0 fully saturated rings. The number of hydrogen-bond acceptors (Lipinski definition) is 3. The molecule has 4 rings (SSSR count). The van der Waals surface area contributed by atoms with E-state index in [1.807, 2.05) is 0 Å². The van der Waals surface area contributed by atoms with Crippen molar-refractivity contribution in [2.45, 2.75) is 24.4 Å². The maximum absolute atomic E-state index is 13.0. The number of amides is 1. The zero-order valence-electron chi connectivity index (χ0n) is 18.1. The molecule has 0 saturated carbocycles. The number of nitrogens with zero attached hydrogens (tertiary/aromatic N) is 1. The van der Waals surface area contributed by atoms with Crippen molar-refractivity contribution in [3.8, 4) is 0 Å². The van der Waals surface area contributed by atoms with Crippen LogP contribution in [0, 0.1) is 0 Å². The maximum atomic E-state index is 13.0. The molecular formula is C23H19F5N2O3S2. The molecule has 35 heavy (non-hydrogen) atoms. The van der Waals surface area contributed by atoms with E-state index >= 15 is 0 Å². The zero-order chi connectivity index (χ0) is 25.7. The van der Waals surface area contributed by atoms with Crippen molar-refractivity contribution in [3.63, 3.8) is 0 Å². The van der Waals surface area contributed by atoms with Gasteiger partial charge >= 0.3 is 16.2 Å². The van der Waals surface area contributed by atoms with Crippen molar-refractivity contribution < 1.29 is 34.1 Å². The van der Waals surface area contributed by atoms with Gasteiger partial charge in [-0.3, -0.25) is 4.79 Å². The second-order valence-electron chi connectivity index (χ2n) is 8.04. The third-order valence-corrected chi connectivity index (χ3v) is 7.56. The van der Waals surface area contributed by atoms with Crippen LogP contribution in [0.5, 0.6) is 0 Å². The van der Waals surface area contributed by atoms with E-state index in [0.29, 0.717) is 34.3 Å². The number of carboxylic acid groups (broad SMARTS) is 1. The van der Waals surface area contributed by atoms with E-state index in [-0.39, 0.29) is 18.0 Å². The van der Waals surface area contributed by atoms with Crippen molar-refractivity contribution in [1.82, 2.24) is 9.88 Å². The Balaban J connectivity index is 1.55. The highest BCUT2D eigenvalue weighted by Gasteiger charge is 2.65. The topological polar surface area (TPSA) is 71.3 Å². The molecule has 5 nitrogen and oxygen atoms in total. The summed E-state index contributed by atoms with van der Waals surface area (Å²) in [6.07, 6.45) is 1.67. The predicted octanol–water partition coefficient (Wildman–Crippen LogP) is 7.60. The molecule has 0 radical (unpaired) electrons. The zero-order valence-corrected chi connectivity index (χ0v) is 19.7. The maximum Gasteiger partial charge on any atom is 0.335 e. The number of thiophene rings is 1. The second kappa shape index (κ2) is 7.82. The number of nitrogens with one attached hydrogen (secondary N) is 1. The van der Waals surface area contributed by atoms with E-state index in [4.69, 9.17) is 5.11 Å². The van der Waals surface area contributed by atoms with Gasteiger partial charge in [0.25, 0.3) is 5.91 Å². The first kappa shape index (κ1) is 24.7. The molecule has 2 aromatic carbocycles. The Kier molecular flexibility index (Phi) is 5.53. The van der Waals surface area contributed by atoms with Crippen molar-refractivity contribution in [2.24, 2.45) is 0 Å². The molecule has 0 bridgehead atoms. The van der Waals surface area contributed by atoms with Crippen LogP contribution in [0.3, 0.4) is 0 Å². The molecule has 0 aliphatic heterocycles. The monoisotopic (exact) mass is 530 g/mol. The number of carboxylic acids is 1. The van der Waals surface area contributed by atoms with Gasteiger partial charge in [-0.2, -0.15) is 0 Å². The van der Waals surface area contributed by atoms with E-state index in [1.165, 1.54) is 23.5 Å². The molecule has 0 aliphatic rings. The van der Waals surface area contributed by atoms with Crippen molar-refractivity contribution in [2.75, 3.05) is 0 Å². The van der Waals surface area contributed by atoms with Crippen LogP contribution < -0.4 is 5.32 Å². The fourth-order valence-corrected chi connectivity index (χ4v) is 5.22. The van der Waals surface area contributed by atoms with Gasteiger partial charge in [0, 0.05) is 18.1 Å². The Morgan fingerprint density at radius 1 is 1.00 bits per heavy atom. The highest BCUT2D eigenvalue weighted by Crippen LogP contribution is 3.02. The molecule has 1 atom stereocenters. The van der Waals surface area contributed by atoms with E-state index in [2.05, 4.69) is 5.32 Å². The normalized spacial score (nSPS) is 14.8. The Labute approximate surface area is 200 Å². The molecule has 2 heterocycles. The number of fused-ring (bicyclic) bond motifs is 1. The average Bonchev–Trinajstić information content (AvgIpc) is 3.35. The van der Waals surface area contributed by atoms with Gasteiger partial charge in [-0.25, -0.2) is 4.79 Å². The number of halogens is 5. The number of hydrogen-bond donors (Lipinski definition) is 2. The van der Waals surface area contributed by atoms with Crippen LogP contribution in [0.1, 0.15) is 44.8 Å². The molecule has 2 aromatic heterocycles. The fourth-order valence-electron chi connectivity index (χ4n) is 3.63. The minimum absolute atomic E-state index is 0.0767. The summed E-state index contributed by atoms with van der Waals surface area (Å²) >= 11 is 1.32. The lowest BCUT2D eigenvalue weighted by Gasteiger charge is -2.40. The summed E-state index contributed by atoms with van der Waals surface area (Å²) in [5.74, 6) is -1.44. The summed E-state index contributed by atoms with van der Waals surface area (Å²) in [5.41, 5.74) is 2.11. The Morgan fingerprint density at radius 2 is 1.63 bits per heavy atom. The third-order valence-electron chi connectivity index (χ3n) is 5.46. The van der Waals surface area contributed by atoms with Crippen LogP contribution in [0.4, 0.5) is 19.4 Å². The molecule has 2 N–H and O–H groups in total. The van der Waals surface area contributed by atoms with Gasteiger partial charge in [-0.1, -0.05) is 43.7 Å². The third kappa shape index (κ3) is 5.33. The first-order valence-electron chi connectivity index (χ1n) is 10.2. The van der Waals surface area contributed by atoms with Gasteiger partial charge in [-0.05, 0) is 48.4 Å². The van der Waals surface area contributed by atoms with Crippen LogP contribution in [0.2, 0.25) is 0 Å². The Bertz CT molecular complexity index is 1430. The van der Waals surface area contributed by atoms with Gasteiger partial charge in [0.05, 0.1) is 27.4 Å². The molecule has 12 heteroatoms. The molecule has 1 unspecified atom stereocenters. The first-order chi connectivity index (χ1) is 16.1. The smallest absolute Gasteiger partial charge is 0.335 e. The van der Waals surface area contributed by atoms with Crippen LogP contribution in [0.25, 0.3) is 10.2 Å². The first-order valence-corrected chi connectivity index (χ1v) is 13.0. The number of aromatic carboxylic acids is 1. The van der Waals surface area contributed by atoms with Crippen LogP contribution in [-0.2, 0) is 6.54 Å². The second-order valence-corrected chi connectivity index (χ2v) is 11.4. The Morgan fingerprint density at radius 3 is 2.20 bits per heavy atom. The summed E-state index contributed by atoms with van der Waals surface area (Å²) in [5, 5.41) is 13.5. The summed E-state index contributed by atoms with van der Waals surface area (Å²) < 4.78 is 67.3. The van der Waals surface area contributed by atoms with Crippen LogP contribution in [-0.4, -0.2) is 21.6 Å². The van der Waals surface area contributed by atoms with Gasteiger partial charge in [0.1, 0.15) is 4.90 Å². The van der Waals surface area contributed by atoms with Gasteiger partial charge in [0.15, 0.2) is 0 Å². The molecule has 186 valence electrons. The van der Waals surface area contributed by atoms with E-state index in [9.17, 15) is 29.0 Å². The van der Waals surface area contributed by atoms with Crippen LogP contribution >= 0.6 is 21.6 Å². The van der Waals surface area contributed by atoms with Crippen molar-refractivity contribution in [1.29, 1.82) is 0 Å². The average molecular weight is 531 g/mol. The standard InChI is InChI=1S/C23H19F5N2O3S2/c1-14(16-4-6-17(7-5-16)23(32)33)29-22(31)19-13-34-20-10-11-30(21(19)20)12-15-2-8-18(9-3-15)35(24,25,26,27)28/h2-11,13-14H,12H2,1H3,(H,29,31)(H,32,33). The lowest BCUT2D eigenvalue weighted by molar-refractivity contribution is 0.0696. The van der Waals surface area contributed by atoms with E-state index in [1.54, 1.807) is 41.3 Å². The number of aromatic nitrogens is 1. The molecule has 0 spiro atoms. The minimum atomic E-state index is -9.74. The number of carbonyl (C=O) groups is 2. The highest BCUT2D eigenvalue weighted by molar-refractivity contribution is 8.45. The Hall–Kier alpha value is -3.38. The fraction of sp³-hybridized carbons (Fsp3) is 0.130. The van der Waals surface area contributed by atoms with Gasteiger partial charge < -0.3 is 15.0 Å². The van der Waals surface area contributed by atoms with Crippen LogP contribution in [0.15, 0.2) is 71.1 Å². The summed E-state index contributed by atoms with van der Waals surface area (Å²) in [7, 11) is -9.74. The minimum Gasteiger partial charge on any atom is -0.478 e. The largest absolute Gasteiger partial charge is 0.478 e. The molecular weight excluding hydrogens is 511 g/mol. The number of carbonyl (C=O) groups excluding carboxylic acids is 1. The van der Waals surface area contributed by atoms with Crippen molar-refractivity contribution in [3.05, 3.63) is 88.4 Å².